The van der Waals surface area contributed by atoms with E-state index in [1.54, 1.807) is 11.8 Å². The molecule has 1 amide bonds. The maximum absolute atomic E-state index is 10.5. The summed E-state index contributed by atoms with van der Waals surface area (Å²) in [7, 11) is 0. The fourth-order valence-electron chi connectivity index (χ4n) is 0.942. The average molecular weight is 161 g/mol. The topological polar surface area (TPSA) is 49.3 Å². The van der Waals surface area contributed by atoms with Crippen LogP contribution in [0, 0.1) is 0 Å². The van der Waals surface area contributed by atoms with Gasteiger partial charge < -0.3 is 10.4 Å². The lowest BCUT2D eigenvalue weighted by Gasteiger charge is -2.13. The molecule has 1 aliphatic rings. The smallest absolute Gasteiger partial charge is 0.217 e. The molecule has 0 unspecified atom stereocenters. The van der Waals surface area contributed by atoms with E-state index in [4.69, 9.17) is 0 Å². The summed E-state index contributed by atoms with van der Waals surface area (Å²) in [6.45, 7) is 1.47. The number of amides is 1. The minimum atomic E-state index is -0.353. The number of carbonyl (C=O) groups is 1. The van der Waals surface area contributed by atoms with Crippen molar-refractivity contribution in [1.29, 1.82) is 0 Å². The Labute approximate surface area is 64.2 Å². The molecule has 1 aliphatic heterocycles. The number of carbonyl (C=O) groups excluding carboxylic acids is 1. The van der Waals surface area contributed by atoms with E-state index in [-0.39, 0.29) is 18.1 Å². The van der Waals surface area contributed by atoms with Crippen molar-refractivity contribution >= 4 is 17.7 Å². The van der Waals surface area contributed by atoms with Crippen LogP contribution in [0.3, 0.4) is 0 Å². The van der Waals surface area contributed by atoms with Gasteiger partial charge in [-0.25, -0.2) is 0 Å². The molecule has 2 atom stereocenters. The average Bonchev–Trinajstić information content (AvgIpc) is 2.15. The summed E-state index contributed by atoms with van der Waals surface area (Å²) in [4.78, 5) is 10.5. The minimum absolute atomic E-state index is 0.0255. The normalized spacial score (nSPS) is 32.2. The van der Waals surface area contributed by atoms with E-state index in [0.717, 1.165) is 11.5 Å². The van der Waals surface area contributed by atoms with Crippen molar-refractivity contribution in [3.8, 4) is 0 Å². The second kappa shape index (κ2) is 3.25. The maximum Gasteiger partial charge on any atom is 0.217 e. The third-order valence-corrected chi connectivity index (χ3v) is 2.61. The molecule has 0 spiro atoms. The van der Waals surface area contributed by atoms with E-state index < -0.39 is 0 Å². The van der Waals surface area contributed by atoms with Gasteiger partial charge in [0.2, 0.25) is 5.91 Å². The molecule has 0 bridgehead atoms. The number of hydrogen-bond donors (Lipinski definition) is 2. The molecule has 0 radical (unpaired) electrons. The van der Waals surface area contributed by atoms with Gasteiger partial charge in [-0.2, -0.15) is 11.8 Å². The zero-order valence-electron chi connectivity index (χ0n) is 5.83. The van der Waals surface area contributed by atoms with Crippen LogP contribution in [0.25, 0.3) is 0 Å². The zero-order valence-corrected chi connectivity index (χ0v) is 6.65. The first kappa shape index (κ1) is 7.88. The van der Waals surface area contributed by atoms with E-state index in [1.807, 2.05) is 0 Å². The van der Waals surface area contributed by atoms with Crippen LogP contribution in [-0.2, 0) is 4.79 Å². The molecule has 0 aromatic carbocycles. The number of thioether (sulfide) groups is 1. The van der Waals surface area contributed by atoms with E-state index >= 15 is 0 Å². The molecule has 3 nitrogen and oxygen atoms in total. The van der Waals surface area contributed by atoms with Crippen molar-refractivity contribution in [2.75, 3.05) is 11.5 Å². The number of aliphatic hydroxyl groups is 1. The van der Waals surface area contributed by atoms with Crippen LogP contribution in [0.4, 0.5) is 0 Å². The van der Waals surface area contributed by atoms with Crippen LogP contribution in [0.1, 0.15) is 6.92 Å². The Morgan fingerprint density at radius 3 is 2.80 bits per heavy atom. The third-order valence-electron chi connectivity index (χ3n) is 1.44. The van der Waals surface area contributed by atoms with Crippen molar-refractivity contribution in [2.45, 2.75) is 19.1 Å². The fourth-order valence-corrected chi connectivity index (χ4v) is 2.11. The second-order valence-electron chi connectivity index (χ2n) is 2.41. The quantitative estimate of drug-likeness (QED) is 0.550. The maximum atomic E-state index is 10.5. The first-order chi connectivity index (χ1) is 4.70. The van der Waals surface area contributed by atoms with Crippen LogP contribution in [0.2, 0.25) is 0 Å². The van der Waals surface area contributed by atoms with Gasteiger partial charge in [0.05, 0.1) is 12.1 Å². The van der Waals surface area contributed by atoms with Gasteiger partial charge in [0.1, 0.15) is 0 Å². The van der Waals surface area contributed by atoms with Crippen molar-refractivity contribution in [3.05, 3.63) is 0 Å². The summed E-state index contributed by atoms with van der Waals surface area (Å²) in [5, 5.41) is 11.9. The molecule has 0 aliphatic carbocycles. The monoisotopic (exact) mass is 161 g/mol. The number of aliphatic hydroxyl groups excluding tert-OH is 1. The van der Waals surface area contributed by atoms with Gasteiger partial charge in [0.15, 0.2) is 0 Å². The molecule has 2 N–H and O–H groups in total. The van der Waals surface area contributed by atoms with E-state index in [1.165, 1.54) is 6.92 Å². The van der Waals surface area contributed by atoms with E-state index in [9.17, 15) is 9.90 Å². The van der Waals surface area contributed by atoms with Gasteiger partial charge in [0, 0.05) is 18.4 Å². The third kappa shape index (κ3) is 1.88. The van der Waals surface area contributed by atoms with Crippen molar-refractivity contribution in [2.24, 2.45) is 0 Å². The van der Waals surface area contributed by atoms with Crippen LogP contribution in [0.5, 0.6) is 0 Å². The standard InChI is InChI=1S/C6H11NO2S/c1-4(8)7-5-2-10-3-6(5)9/h5-6,9H,2-3H2,1H3,(H,7,8)/t5-,6+/m1/s1. The Morgan fingerprint density at radius 1 is 1.70 bits per heavy atom. The molecule has 0 aromatic heterocycles. The molecule has 1 heterocycles. The van der Waals surface area contributed by atoms with Crippen molar-refractivity contribution in [1.82, 2.24) is 5.32 Å². The van der Waals surface area contributed by atoms with Gasteiger partial charge in [-0.1, -0.05) is 0 Å². The summed E-state index contributed by atoms with van der Waals surface area (Å²) in [6, 6.07) is -0.0255. The molecule has 1 fully saturated rings. The molecule has 58 valence electrons. The Morgan fingerprint density at radius 2 is 2.40 bits per heavy atom. The lowest BCUT2D eigenvalue weighted by Crippen LogP contribution is -2.41. The van der Waals surface area contributed by atoms with Crippen molar-refractivity contribution in [3.63, 3.8) is 0 Å². The summed E-state index contributed by atoms with van der Waals surface area (Å²) in [5.41, 5.74) is 0. The fraction of sp³-hybridized carbons (Fsp3) is 0.833. The Kier molecular flexibility index (Phi) is 2.56. The van der Waals surface area contributed by atoms with Gasteiger partial charge >= 0.3 is 0 Å². The highest BCUT2D eigenvalue weighted by Crippen LogP contribution is 2.17. The Balaban J connectivity index is 2.33. The SMILES string of the molecule is CC(=O)N[C@@H]1CSC[C@@H]1O. The molecule has 1 saturated heterocycles. The van der Waals surface area contributed by atoms with Crippen molar-refractivity contribution < 1.29 is 9.90 Å². The van der Waals surface area contributed by atoms with Crippen LogP contribution in [0.15, 0.2) is 0 Å². The molecule has 0 aromatic rings. The van der Waals surface area contributed by atoms with Crippen LogP contribution in [-0.4, -0.2) is 34.7 Å². The highest BCUT2D eigenvalue weighted by Gasteiger charge is 2.25. The van der Waals surface area contributed by atoms with Gasteiger partial charge in [-0.15, -0.1) is 0 Å². The number of rotatable bonds is 1. The largest absolute Gasteiger partial charge is 0.390 e. The predicted octanol–water partition coefficient (Wildman–Crippen LogP) is -0.401. The van der Waals surface area contributed by atoms with Crippen LogP contribution >= 0.6 is 11.8 Å². The van der Waals surface area contributed by atoms with Gasteiger partial charge in [-0.3, -0.25) is 4.79 Å². The molecule has 0 saturated carbocycles. The highest BCUT2D eigenvalue weighted by molar-refractivity contribution is 7.99. The zero-order chi connectivity index (χ0) is 7.56. The van der Waals surface area contributed by atoms with E-state index in [2.05, 4.69) is 5.32 Å². The minimum Gasteiger partial charge on any atom is -0.390 e. The first-order valence-corrected chi connectivity index (χ1v) is 4.38. The highest BCUT2D eigenvalue weighted by atomic mass is 32.2. The Hall–Kier alpha value is -0.220. The number of hydrogen-bond acceptors (Lipinski definition) is 3. The molecular weight excluding hydrogens is 150 g/mol. The summed E-state index contributed by atoms with van der Waals surface area (Å²) in [5.74, 6) is 1.51. The Bertz CT molecular complexity index is 140. The summed E-state index contributed by atoms with van der Waals surface area (Å²) in [6.07, 6.45) is -0.353. The summed E-state index contributed by atoms with van der Waals surface area (Å²) >= 11 is 1.67. The van der Waals surface area contributed by atoms with Crippen LogP contribution < -0.4 is 5.32 Å². The second-order valence-corrected chi connectivity index (χ2v) is 3.49. The van der Waals surface area contributed by atoms with E-state index in [0.29, 0.717) is 0 Å². The van der Waals surface area contributed by atoms with Gasteiger partial charge in [0.25, 0.3) is 0 Å². The summed E-state index contributed by atoms with van der Waals surface area (Å²) < 4.78 is 0. The molecular formula is C6H11NO2S. The number of nitrogens with one attached hydrogen (secondary N) is 1. The molecule has 1 rings (SSSR count). The molecule has 4 heteroatoms. The predicted molar refractivity (Wildman–Crippen MR) is 40.9 cm³/mol. The lowest BCUT2D eigenvalue weighted by atomic mass is 10.2. The first-order valence-electron chi connectivity index (χ1n) is 3.23. The van der Waals surface area contributed by atoms with Gasteiger partial charge in [-0.05, 0) is 0 Å². The lowest BCUT2D eigenvalue weighted by molar-refractivity contribution is -0.120. The molecule has 10 heavy (non-hydrogen) atoms.